The Balaban J connectivity index is 1.53. The van der Waals surface area contributed by atoms with Crippen molar-refractivity contribution in [3.8, 4) is 6.01 Å². The zero-order valence-corrected chi connectivity index (χ0v) is 14.6. The number of carbonyl (C=O) groups excluding carboxylic acids is 1. The second-order valence-electron chi connectivity index (χ2n) is 6.33. The third kappa shape index (κ3) is 3.05. The zero-order chi connectivity index (χ0) is 18.1. The molecule has 1 atom stereocenters. The molecule has 1 amide bonds. The van der Waals surface area contributed by atoms with Crippen LogP contribution in [0.4, 0.5) is 0 Å². The molecule has 0 radical (unpaired) electrons. The lowest BCUT2D eigenvalue weighted by Crippen LogP contribution is -2.43. The normalized spacial score (nSPS) is 16.4. The summed E-state index contributed by atoms with van der Waals surface area (Å²) < 4.78 is 13.0. The van der Waals surface area contributed by atoms with Crippen LogP contribution < -0.4 is 4.74 Å². The molecule has 0 aliphatic carbocycles. The Morgan fingerprint density at radius 1 is 1.31 bits per heavy atom. The van der Waals surface area contributed by atoms with E-state index in [0.717, 1.165) is 17.0 Å². The first-order valence-corrected chi connectivity index (χ1v) is 8.40. The minimum Gasteiger partial charge on any atom is -0.461 e. The van der Waals surface area contributed by atoms with Crippen molar-refractivity contribution in [1.29, 1.82) is 0 Å². The number of fused-ring (bicyclic) bond motifs is 1. The number of amides is 1. The first kappa shape index (κ1) is 16.3. The van der Waals surface area contributed by atoms with Gasteiger partial charge in [0.1, 0.15) is 12.6 Å². The Labute approximate surface area is 150 Å². The molecule has 134 valence electrons. The van der Waals surface area contributed by atoms with Gasteiger partial charge in [0.2, 0.25) is 0 Å². The Morgan fingerprint density at radius 3 is 2.96 bits per heavy atom. The fourth-order valence-electron chi connectivity index (χ4n) is 3.07. The van der Waals surface area contributed by atoms with Crippen LogP contribution in [0.25, 0.3) is 0 Å². The van der Waals surface area contributed by atoms with Crippen LogP contribution in [0.2, 0.25) is 0 Å². The lowest BCUT2D eigenvalue weighted by molar-refractivity contribution is 0.0597. The molecule has 4 heterocycles. The maximum absolute atomic E-state index is 12.8. The second kappa shape index (κ2) is 6.62. The third-order valence-corrected chi connectivity index (χ3v) is 4.40. The number of ether oxygens (including phenoxy) is 1. The summed E-state index contributed by atoms with van der Waals surface area (Å²) in [6.07, 6.45) is 4.93. The molecule has 26 heavy (non-hydrogen) atoms. The Bertz CT molecular complexity index is 932. The summed E-state index contributed by atoms with van der Waals surface area (Å²) >= 11 is 0. The summed E-state index contributed by atoms with van der Waals surface area (Å²) in [6.45, 7) is 5.02. The summed E-state index contributed by atoms with van der Waals surface area (Å²) in [4.78, 5) is 22.9. The van der Waals surface area contributed by atoms with Crippen LogP contribution in [0.1, 0.15) is 33.5 Å². The molecule has 0 spiro atoms. The van der Waals surface area contributed by atoms with Gasteiger partial charge >= 0.3 is 6.01 Å². The SMILES string of the molecule is Cc1ccnc(OCC2CN(C(=O)c3occc3C)Cc3ccnn32)n1. The van der Waals surface area contributed by atoms with E-state index in [2.05, 4.69) is 15.1 Å². The summed E-state index contributed by atoms with van der Waals surface area (Å²) in [5, 5.41) is 4.38. The number of aromatic nitrogens is 4. The van der Waals surface area contributed by atoms with Gasteiger partial charge in [-0.1, -0.05) is 0 Å². The Morgan fingerprint density at radius 2 is 2.19 bits per heavy atom. The molecule has 8 nitrogen and oxygen atoms in total. The summed E-state index contributed by atoms with van der Waals surface area (Å²) in [6, 6.07) is 5.70. The van der Waals surface area contributed by atoms with Crippen LogP contribution in [-0.2, 0) is 6.54 Å². The van der Waals surface area contributed by atoms with Crippen molar-refractivity contribution in [2.24, 2.45) is 0 Å². The molecule has 0 fully saturated rings. The second-order valence-corrected chi connectivity index (χ2v) is 6.33. The minimum absolute atomic E-state index is 0.128. The van der Waals surface area contributed by atoms with Gasteiger partial charge < -0.3 is 14.1 Å². The lowest BCUT2D eigenvalue weighted by atomic mass is 10.1. The molecule has 0 N–H and O–H groups in total. The molecule has 8 heteroatoms. The van der Waals surface area contributed by atoms with Gasteiger partial charge in [-0.15, -0.1) is 0 Å². The van der Waals surface area contributed by atoms with Crippen LogP contribution in [0.15, 0.2) is 41.3 Å². The number of carbonyl (C=O) groups is 1. The van der Waals surface area contributed by atoms with Crippen molar-refractivity contribution in [3.05, 3.63) is 59.6 Å². The average Bonchev–Trinajstić information content (AvgIpc) is 3.27. The minimum atomic E-state index is -0.128. The highest BCUT2D eigenvalue weighted by molar-refractivity contribution is 5.92. The molecule has 1 aliphatic rings. The van der Waals surface area contributed by atoms with Gasteiger partial charge in [-0.2, -0.15) is 5.10 Å². The molecular formula is C18H19N5O3. The Kier molecular flexibility index (Phi) is 4.16. The van der Waals surface area contributed by atoms with Crippen LogP contribution in [0, 0.1) is 13.8 Å². The molecule has 0 aromatic carbocycles. The molecule has 3 aromatic heterocycles. The molecule has 0 saturated carbocycles. The van der Waals surface area contributed by atoms with Crippen molar-refractivity contribution in [2.45, 2.75) is 26.4 Å². The number of aryl methyl sites for hydroxylation is 2. The summed E-state index contributed by atoms with van der Waals surface area (Å²) in [7, 11) is 0. The fourth-order valence-corrected chi connectivity index (χ4v) is 3.07. The zero-order valence-electron chi connectivity index (χ0n) is 14.6. The van der Waals surface area contributed by atoms with Gasteiger partial charge in [0.05, 0.1) is 18.5 Å². The van der Waals surface area contributed by atoms with Crippen molar-refractivity contribution in [2.75, 3.05) is 13.2 Å². The van der Waals surface area contributed by atoms with Gasteiger partial charge in [-0.05, 0) is 32.0 Å². The average molecular weight is 353 g/mol. The van der Waals surface area contributed by atoms with Gasteiger partial charge in [0.15, 0.2) is 5.76 Å². The van der Waals surface area contributed by atoms with E-state index in [4.69, 9.17) is 9.15 Å². The van der Waals surface area contributed by atoms with E-state index in [-0.39, 0.29) is 11.9 Å². The monoisotopic (exact) mass is 353 g/mol. The predicted molar refractivity (Wildman–Crippen MR) is 91.7 cm³/mol. The molecule has 0 bridgehead atoms. The van der Waals surface area contributed by atoms with Crippen LogP contribution >= 0.6 is 0 Å². The first-order valence-electron chi connectivity index (χ1n) is 8.40. The largest absolute Gasteiger partial charge is 0.461 e. The molecule has 4 rings (SSSR count). The highest BCUT2D eigenvalue weighted by atomic mass is 16.5. The number of hydrogen-bond acceptors (Lipinski definition) is 6. The number of nitrogens with zero attached hydrogens (tertiary/aromatic N) is 5. The molecule has 1 aliphatic heterocycles. The first-order chi connectivity index (χ1) is 12.6. The standard InChI is InChI=1S/C18H19N5O3/c1-12-5-8-25-16(12)17(24)22-9-14-4-7-20-23(14)15(10-22)11-26-18-19-6-3-13(2)21-18/h3-8,15H,9-11H2,1-2H3. The van der Waals surface area contributed by atoms with Crippen molar-refractivity contribution >= 4 is 5.91 Å². The number of furan rings is 1. The van der Waals surface area contributed by atoms with E-state index in [1.807, 2.05) is 30.7 Å². The van der Waals surface area contributed by atoms with Crippen molar-refractivity contribution < 1.29 is 13.9 Å². The Hall–Kier alpha value is -3.16. The van der Waals surface area contributed by atoms with Gasteiger partial charge in [0.25, 0.3) is 5.91 Å². The summed E-state index contributed by atoms with van der Waals surface area (Å²) in [5.74, 6) is 0.247. The highest BCUT2D eigenvalue weighted by Crippen LogP contribution is 2.23. The quantitative estimate of drug-likeness (QED) is 0.714. The lowest BCUT2D eigenvalue weighted by Gasteiger charge is -2.33. The summed E-state index contributed by atoms with van der Waals surface area (Å²) in [5.41, 5.74) is 2.62. The van der Waals surface area contributed by atoms with Crippen molar-refractivity contribution in [3.63, 3.8) is 0 Å². The fraction of sp³-hybridized carbons (Fsp3) is 0.333. The van der Waals surface area contributed by atoms with E-state index in [0.29, 0.717) is 31.5 Å². The smallest absolute Gasteiger partial charge is 0.316 e. The van der Waals surface area contributed by atoms with Gasteiger partial charge in [-0.25, -0.2) is 9.97 Å². The molecular weight excluding hydrogens is 334 g/mol. The maximum atomic E-state index is 12.8. The van der Waals surface area contributed by atoms with E-state index < -0.39 is 0 Å². The van der Waals surface area contributed by atoms with Crippen LogP contribution in [0.3, 0.4) is 0 Å². The van der Waals surface area contributed by atoms with Crippen LogP contribution in [-0.4, -0.2) is 43.7 Å². The number of hydrogen-bond donors (Lipinski definition) is 0. The van der Waals surface area contributed by atoms with Crippen LogP contribution in [0.5, 0.6) is 6.01 Å². The van der Waals surface area contributed by atoms with Gasteiger partial charge in [-0.3, -0.25) is 9.48 Å². The molecule has 0 saturated heterocycles. The van der Waals surface area contributed by atoms with Gasteiger partial charge in [0, 0.05) is 30.2 Å². The molecule has 1 unspecified atom stereocenters. The van der Waals surface area contributed by atoms with E-state index in [1.54, 1.807) is 23.4 Å². The maximum Gasteiger partial charge on any atom is 0.316 e. The van der Waals surface area contributed by atoms with E-state index >= 15 is 0 Å². The van der Waals surface area contributed by atoms with E-state index in [1.165, 1.54) is 6.26 Å². The molecule has 3 aromatic rings. The highest BCUT2D eigenvalue weighted by Gasteiger charge is 2.31. The van der Waals surface area contributed by atoms with Crippen molar-refractivity contribution in [1.82, 2.24) is 24.6 Å². The third-order valence-electron chi connectivity index (χ3n) is 4.40. The predicted octanol–water partition coefficient (Wildman–Crippen LogP) is 2.16. The van der Waals surface area contributed by atoms with E-state index in [9.17, 15) is 4.79 Å². The number of rotatable bonds is 4. The topological polar surface area (TPSA) is 86.3 Å².